The quantitative estimate of drug-likeness (QED) is 0.861. The molecular formula is C17H15FO2. The van der Waals surface area contributed by atoms with E-state index in [9.17, 15) is 14.3 Å². The molecule has 0 amide bonds. The van der Waals surface area contributed by atoms with Gasteiger partial charge in [-0.05, 0) is 42.0 Å². The predicted molar refractivity (Wildman–Crippen MR) is 74.1 cm³/mol. The number of carbonyl (C=O) groups is 1. The predicted octanol–water partition coefficient (Wildman–Crippen LogP) is 3.62. The molecule has 1 atom stereocenters. The van der Waals surface area contributed by atoms with Crippen LogP contribution in [0.2, 0.25) is 0 Å². The maximum absolute atomic E-state index is 14.0. The van der Waals surface area contributed by atoms with Gasteiger partial charge in [-0.25, -0.2) is 4.39 Å². The molecule has 3 heteroatoms. The van der Waals surface area contributed by atoms with Crippen LogP contribution >= 0.6 is 0 Å². The summed E-state index contributed by atoms with van der Waals surface area (Å²) in [6, 6.07) is 13.3. The van der Waals surface area contributed by atoms with Crippen molar-refractivity contribution in [2.24, 2.45) is 0 Å². The summed E-state index contributed by atoms with van der Waals surface area (Å²) in [6.07, 6.45) is 0.844. The van der Waals surface area contributed by atoms with E-state index in [4.69, 9.17) is 0 Å². The molecule has 2 aromatic carbocycles. The molecule has 2 aromatic rings. The summed E-state index contributed by atoms with van der Waals surface area (Å²) in [4.78, 5) is 12.2. The second kappa shape index (κ2) is 5.17. The standard InChI is InChI=1S/C17H15FO2/c18-15-10-13(11-6-7-11)8-9-14(15)17(20)16(19)12-4-2-1-3-5-12/h1-5,8-11,16,19H,6-7H2. The summed E-state index contributed by atoms with van der Waals surface area (Å²) in [5, 5.41) is 10.0. The van der Waals surface area contributed by atoms with E-state index < -0.39 is 17.7 Å². The van der Waals surface area contributed by atoms with Crippen molar-refractivity contribution < 1.29 is 14.3 Å². The molecular weight excluding hydrogens is 255 g/mol. The molecule has 0 spiro atoms. The van der Waals surface area contributed by atoms with Gasteiger partial charge in [0.15, 0.2) is 5.78 Å². The van der Waals surface area contributed by atoms with Gasteiger partial charge in [-0.15, -0.1) is 0 Å². The Morgan fingerprint density at radius 2 is 1.85 bits per heavy atom. The Balaban J connectivity index is 1.86. The normalized spacial score (nSPS) is 15.9. The molecule has 1 aliphatic carbocycles. The number of aliphatic hydroxyl groups excluding tert-OH is 1. The van der Waals surface area contributed by atoms with E-state index in [1.165, 1.54) is 12.1 Å². The van der Waals surface area contributed by atoms with Gasteiger partial charge in [0.1, 0.15) is 11.9 Å². The topological polar surface area (TPSA) is 37.3 Å². The average Bonchev–Trinajstić information content (AvgIpc) is 3.31. The number of Topliss-reactive ketones (excluding diaryl/α,β-unsaturated/α-hetero) is 1. The number of aliphatic hydroxyl groups is 1. The smallest absolute Gasteiger partial charge is 0.198 e. The first-order valence-electron chi connectivity index (χ1n) is 6.73. The lowest BCUT2D eigenvalue weighted by atomic mass is 9.98. The third kappa shape index (κ3) is 2.49. The Hall–Kier alpha value is -2.00. The van der Waals surface area contributed by atoms with Crippen LogP contribution in [0.5, 0.6) is 0 Å². The van der Waals surface area contributed by atoms with Crippen molar-refractivity contribution in [3.05, 3.63) is 71.0 Å². The lowest BCUT2D eigenvalue weighted by Crippen LogP contribution is -2.14. The van der Waals surface area contributed by atoms with Gasteiger partial charge in [0.2, 0.25) is 0 Å². The Kier molecular flexibility index (Phi) is 3.36. The highest BCUT2D eigenvalue weighted by atomic mass is 19.1. The van der Waals surface area contributed by atoms with E-state index in [2.05, 4.69) is 0 Å². The molecule has 102 valence electrons. The zero-order chi connectivity index (χ0) is 14.1. The first-order chi connectivity index (χ1) is 9.66. The molecule has 0 aromatic heterocycles. The van der Waals surface area contributed by atoms with E-state index >= 15 is 0 Å². The Morgan fingerprint density at radius 3 is 2.45 bits per heavy atom. The largest absolute Gasteiger partial charge is 0.380 e. The summed E-state index contributed by atoms with van der Waals surface area (Å²) < 4.78 is 14.0. The van der Waals surface area contributed by atoms with Crippen LogP contribution in [0.15, 0.2) is 48.5 Å². The first kappa shape index (κ1) is 13.0. The van der Waals surface area contributed by atoms with Crippen molar-refractivity contribution in [3.63, 3.8) is 0 Å². The van der Waals surface area contributed by atoms with Crippen molar-refractivity contribution in [2.75, 3.05) is 0 Å². The minimum absolute atomic E-state index is 0.0502. The molecule has 0 heterocycles. The maximum atomic E-state index is 14.0. The highest BCUT2D eigenvalue weighted by molar-refractivity contribution is 6.00. The molecule has 0 aliphatic heterocycles. The van der Waals surface area contributed by atoms with Gasteiger partial charge in [0.05, 0.1) is 5.56 Å². The fourth-order valence-corrected chi connectivity index (χ4v) is 2.34. The van der Waals surface area contributed by atoms with E-state index in [1.807, 2.05) is 0 Å². The van der Waals surface area contributed by atoms with Gasteiger partial charge in [-0.2, -0.15) is 0 Å². The second-order valence-corrected chi connectivity index (χ2v) is 5.19. The summed E-state index contributed by atoms with van der Waals surface area (Å²) in [6.45, 7) is 0. The average molecular weight is 270 g/mol. The molecule has 1 fully saturated rings. The number of carbonyl (C=O) groups excluding carboxylic acids is 1. The minimum atomic E-state index is -1.32. The monoisotopic (exact) mass is 270 g/mol. The zero-order valence-corrected chi connectivity index (χ0v) is 10.9. The zero-order valence-electron chi connectivity index (χ0n) is 10.9. The molecule has 0 radical (unpaired) electrons. The minimum Gasteiger partial charge on any atom is -0.380 e. The Morgan fingerprint density at radius 1 is 1.15 bits per heavy atom. The number of rotatable bonds is 4. The maximum Gasteiger partial charge on any atom is 0.198 e. The number of halogens is 1. The van der Waals surface area contributed by atoms with Gasteiger partial charge < -0.3 is 5.11 Å². The van der Waals surface area contributed by atoms with Gasteiger partial charge in [-0.3, -0.25) is 4.79 Å². The molecule has 0 bridgehead atoms. The lowest BCUT2D eigenvalue weighted by molar-refractivity contribution is 0.0743. The molecule has 1 N–H and O–H groups in total. The summed E-state index contributed by atoms with van der Waals surface area (Å²) >= 11 is 0. The fourth-order valence-electron chi connectivity index (χ4n) is 2.34. The van der Waals surface area contributed by atoms with Crippen LogP contribution in [0.25, 0.3) is 0 Å². The summed E-state index contributed by atoms with van der Waals surface area (Å²) in [5.41, 5.74) is 1.36. The summed E-state index contributed by atoms with van der Waals surface area (Å²) in [7, 11) is 0. The number of hydrogen-bond acceptors (Lipinski definition) is 2. The van der Waals surface area contributed by atoms with E-state index in [0.29, 0.717) is 11.5 Å². The SMILES string of the molecule is O=C(c1ccc(C2CC2)cc1F)C(O)c1ccccc1. The third-order valence-corrected chi connectivity index (χ3v) is 3.67. The number of benzene rings is 2. The summed E-state index contributed by atoms with van der Waals surface area (Å²) in [5.74, 6) is -0.710. The molecule has 3 rings (SSSR count). The van der Waals surface area contributed by atoms with Crippen molar-refractivity contribution in [1.29, 1.82) is 0 Å². The van der Waals surface area contributed by atoms with Crippen molar-refractivity contribution in [1.82, 2.24) is 0 Å². The van der Waals surface area contributed by atoms with Crippen LogP contribution in [0, 0.1) is 5.82 Å². The van der Waals surface area contributed by atoms with Crippen LogP contribution in [-0.4, -0.2) is 10.9 Å². The van der Waals surface area contributed by atoms with Gasteiger partial charge >= 0.3 is 0 Å². The molecule has 1 aliphatic rings. The first-order valence-corrected chi connectivity index (χ1v) is 6.73. The molecule has 0 saturated heterocycles. The van der Waals surface area contributed by atoms with E-state index in [0.717, 1.165) is 18.4 Å². The Labute approximate surface area is 116 Å². The number of hydrogen-bond donors (Lipinski definition) is 1. The Bertz CT molecular complexity index is 633. The van der Waals surface area contributed by atoms with Crippen LogP contribution in [0.1, 0.15) is 46.3 Å². The lowest BCUT2D eigenvalue weighted by Gasteiger charge is -2.11. The number of ketones is 1. The van der Waals surface area contributed by atoms with Crippen LogP contribution in [0.3, 0.4) is 0 Å². The third-order valence-electron chi connectivity index (χ3n) is 3.67. The van der Waals surface area contributed by atoms with Crippen molar-refractivity contribution >= 4 is 5.78 Å². The molecule has 2 nitrogen and oxygen atoms in total. The molecule has 1 unspecified atom stereocenters. The molecule has 20 heavy (non-hydrogen) atoms. The van der Waals surface area contributed by atoms with E-state index in [1.54, 1.807) is 36.4 Å². The van der Waals surface area contributed by atoms with Gasteiger partial charge in [0.25, 0.3) is 0 Å². The van der Waals surface area contributed by atoms with Crippen LogP contribution < -0.4 is 0 Å². The van der Waals surface area contributed by atoms with Crippen LogP contribution in [-0.2, 0) is 0 Å². The molecule has 1 saturated carbocycles. The highest BCUT2D eigenvalue weighted by Crippen LogP contribution is 2.40. The van der Waals surface area contributed by atoms with E-state index in [-0.39, 0.29) is 5.56 Å². The van der Waals surface area contributed by atoms with Crippen molar-refractivity contribution in [3.8, 4) is 0 Å². The van der Waals surface area contributed by atoms with Gasteiger partial charge in [0, 0.05) is 0 Å². The van der Waals surface area contributed by atoms with Gasteiger partial charge in [-0.1, -0.05) is 36.4 Å². The second-order valence-electron chi connectivity index (χ2n) is 5.19. The van der Waals surface area contributed by atoms with Crippen LogP contribution in [0.4, 0.5) is 4.39 Å². The highest BCUT2D eigenvalue weighted by Gasteiger charge is 2.26. The fraction of sp³-hybridized carbons (Fsp3) is 0.235. The van der Waals surface area contributed by atoms with Crippen molar-refractivity contribution in [2.45, 2.75) is 24.9 Å².